The van der Waals surface area contributed by atoms with Crippen LogP contribution in [0, 0.1) is 0 Å². The topological polar surface area (TPSA) is 48.5 Å². The molecule has 0 saturated carbocycles. The summed E-state index contributed by atoms with van der Waals surface area (Å²) in [5, 5.41) is 7.02. The van der Waals surface area contributed by atoms with E-state index in [1.807, 2.05) is 24.4 Å². The van der Waals surface area contributed by atoms with Crippen LogP contribution in [-0.4, -0.2) is 24.1 Å². The van der Waals surface area contributed by atoms with Crippen LogP contribution in [0.4, 0.5) is 0 Å². The number of nitrogens with zero attached hydrogens (tertiary/aromatic N) is 5. The Hall–Kier alpha value is -8.67. The Balaban J connectivity index is 0.981. The molecule has 0 aliphatic heterocycles. The average Bonchev–Trinajstić information content (AvgIpc) is 3.88. The highest BCUT2D eigenvalue weighted by Crippen LogP contribution is 2.40. The minimum absolute atomic E-state index is 0.831. The average molecular weight is 816 g/mol. The summed E-state index contributed by atoms with van der Waals surface area (Å²) in [6, 6.07) is 77.7. The summed E-state index contributed by atoms with van der Waals surface area (Å²) in [7, 11) is 0. The summed E-state index contributed by atoms with van der Waals surface area (Å²) < 4.78 is 4.71. The summed E-state index contributed by atoms with van der Waals surface area (Å²) in [5.74, 6) is 0. The molecule has 0 unspecified atom stereocenters. The first kappa shape index (κ1) is 36.0. The van der Waals surface area contributed by atoms with E-state index in [1.54, 1.807) is 0 Å². The summed E-state index contributed by atoms with van der Waals surface area (Å²) in [4.78, 5) is 15.4. The molecule has 5 heterocycles. The number of benzene rings is 8. The smallest absolute Gasteiger partial charge is 0.0893 e. The Morgan fingerprint density at radius 2 is 0.812 bits per heavy atom. The summed E-state index contributed by atoms with van der Waals surface area (Å²) in [6.07, 6.45) is 1.98. The van der Waals surface area contributed by atoms with Crippen molar-refractivity contribution in [2.24, 2.45) is 0 Å². The lowest BCUT2D eigenvalue weighted by molar-refractivity contribution is 1.18. The molecule has 8 aromatic carbocycles. The van der Waals surface area contributed by atoms with Gasteiger partial charge in [-0.2, -0.15) is 0 Å². The third kappa shape index (κ3) is 5.83. The van der Waals surface area contributed by atoms with E-state index in [1.165, 1.54) is 38.1 Å². The monoisotopic (exact) mass is 815 g/mol. The minimum Gasteiger partial charge on any atom is -0.309 e. The Bertz CT molecular complexity index is 3940. The molecule has 298 valence electrons. The van der Waals surface area contributed by atoms with Crippen LogP contribution in [-0.2, 0) is 0 Å². The fourth-order valence-electron chi connectivity index (χ4n) is 9.70. The van der Waals surface area contributed by atoms with Gasteiger partial charge < -0.3 is 9.13 Å². The second-order valence-electron chi connectivity index (χ2n) is 16.4. The van der Waals surface area contributed by atoms with E-state index in [4.69, 9.17) is 15.0 Å². The SMILES string of the molecule is c1ccc(-n2c3ccccc3c3cc(-c4ccc5nc(-c6ccc7c(c6)c6ccccc6n7-c6ccccc6)cc(-c6ccc(-c7ccc8ccccc8n7)nc6)c5c4)ccc32)cc1. The van der Waals surface area contributed by atoms with Crippen LogP contribution in [0.25, 0.3) is 122 Å². The van der Waals surface area contributed by atoms with Crippen LogP contribution in [0.15, 0.2) is 225 Å². The van der Waals surface area contributed by atoms with Gasteiger partial charge >= 0.3 is 0 Å². The molecule has 64 heavy (non-hydrogen) atoms. The molecular weight excluding hydrogens is 779 g/mol. The quantitative estimate of drug-likeness (QED) is 0.168. The van der Waals surface area contributed by atoms with Crippen molar-refractivity contribution >= 4 is 65.4 Å². The predicted molar refractivity (Wildman–Crippen MR) is 265 cm³/mol. The van der Waals surface area contributed by atoms with Gasteiger partial charge in [0, 0.05) is 61.0 Å². The normalized spacial score (nSPS) is 11.8. The molecule has 0 bridgehead atoms. The number of aromatic nitrogens is 5. The van der Waals surface area contributed by atoms with Gasteiger partial charge in [-0.1, -0.05) is 121 Å². The lowest BCUT2D eigenvalue weighted by Gasteiger charge is -2.13. The van der Waals surface area contributed by atoms with E-state index in [9.17, 15) is 0 Å². The highest BCUT2D eigenvalue weighted by molar-refractivity contribution is 6.12. The molecule has 13 aromatic rings. The van der Waals surface area contributed by atoms with Crippen molar-refractivity contribution in [1.29, 1.82) is 0 Å². The van der Waals surface area contributed by atoms with E-state index in [2.05, 4.69) is 209 Å². The van der Waals surface area contributed by atoms with Gasteiger partial charge in [0.05, 0.1) is 50.2 Å². The number of hydrogen-bond acceptors (Lipinski definition) is 3. The van der Waals surface area contributed by atoms with Gasteiger partial charge in [-0.05, 0) is 114 Å². The summed E-state index contributed by atoms with van der Waals surface area (Å²) in [5.41, 5.74) is 16.9. The molecule has 0 spiro atoms. The molecular formula is C59H37N5. The Morgan fingerprint density at radius 3 is 1.48 bits per heavy atom. The van der Waals surface area contributed by atoms with Crippen LogP contribution >= 0.6 is 0 Å². The number of para-hydroxylation sites is 5. The molecule has 0 aliphatic carbocycles. The molecule has 0 fully saturated rings. The highest BCUT2D eigenvalue weighted by atomic mass is 15.0. The minimum atomic E-state index is 0.831. The molecule has 0 saturated heterocycles. The zero-order chi connectivity index (χ0) is 42.1. The number of pyridine rings is 3. The van der Waals surface area contributed by atoms with E-state index < -0.39 is 0 Å². The summed E-state index contributed by atoms with van der Waals surface area (Å²) >= 11 is 0. The maximum Gasteiger partial charge on any atom is 0.0893 e. The first-order chi connectivity index (χ1) is 31.7. The van der Waals surface area contributed by atoms with Crippen LogP contribution in [0.5, 0.6) is 0 Å². The third-order valence-electron chi connectivity index (χ3n) is 12.7. The molecule has 5 nitrogen and oxygen atoms in total. The molecule has 0 atom stereocenters. The summed E-state index contributed by atoms with van der Waals surface area (Å²) in [6.45, 7) is 0. The standard InChI is InChI=1S/C59H37N5/c1-3-14-43(15-4-1)63-56-21-11-8-18-45(56)49-34-40(26-31-58(49)63)39-24-28-52-48(33-39)47(42-25-29-53(60-37-42)54-30-23-38-13-7-10-20-51(38)61-54)36-55(62-52)41-27-32-59-50(35-41)46-19-9-12-22-57(46)64(59)44-16-5-2-6-17-44/h1-37H. The maximum absolute atomic E-state index is 5.40. The second kappa shape index (κ2) is 14.5. The molecule has 5 heteroatoms. The lowest BCUT2D eigenvalue weighted by atomic mass is 9.95. The fraction of sp³-hybridized carbons (Fsp3) is 0. The van der Waals surface area contributed by atoms with Gasteiger partial charge in [-0.25, -0.2) is 9.97 Å². The largest absolute Gasteiger partial charge is 0.309 e. The van der Waals surface area contributed by atoms with Crippen molar-refractivity contribution in [3.8, 4) is 56.3 Å². The second-order valence-corrected chi connectivity index (χ2v) is 16.4. The van der Waals surface area contributed by atoms with Gasteiger partial charge in [0.1, 0.15) is 0 Å². The van der Waals surface area contributed by atoms with Crippen LogP contribution < -0.4 is 0 Å². The lowest BCUT2D eigenvalue weighted by Crippen LogP contribution is -1.94. The first-order valence-electron chi connectivity index (χ1n) is 21.7. The Labute approximate surface area is 368 Å². The van der Waals surface area contributed by atoms with Crippen molar-refractivity contribution in [2.75, 3.05) is 0 Å². The van der Waals surface area contributed by atoms with Crippen molar-refractivity contribution in [1.82, 2.24) is 24.1 Å². The fourth-order valence-corrected chi connectivity index (χ4v) is 9.70. The van der Waals surface area contributed by atoms with Crippen LogP contribution in [0.2, 0.25) is 0 Å². The van der Waals surface area contributed by atoms with E-state index in [0.29, 0.717) is 0 Å². The first-order valence-corrected chi connectivity index (χ1v) is 21.7. The molecule has 0 aliphatic rings. The van der Waals surface area contributed by atoms with Crippen LogP contribution in [0.3, 0.4) is 0 Å². The third-order valence-corrected chi connectivity index (χ3v) is 12.7. The van der Waals surface area contributed by atoms with Crippen molar-refractivity contribution in [3.63, 3.8) is 0 Å². The maximum atomic E-state index is 5.40. The van der Waals surface area contributed by atoms with Gasteiger partial charge in [-0.15, -0.1) is 0 Å². The van der Waals surface area contributed by atoms with Gasteiger partial charge in [-0.3, -0.25) is 4.98 Å². The zero-order valence-corrected chi connectivity index (χ0v) is 34.6. The van der Waals surface area contributed by atoms with Gasteiger partial charge in [0.15, 0.2) is 0 Å². The van der Waals surface area contributed by atoms with E-state index in [-0.39, 0.29) is 0 Å². The van der Waals surface area contributed by atoms with Crippen molar-refractivity contribution in [3.05, 3.63) is 225 Å². The number of hydrogen-bond donors (Lipinski definition) is 0. The van der Waals surface area contributed by atoms with E-state index >= 15 is 0 Å². The molecule has 5 aromatic heterocycles. The van der Waals surface area contributed by atoms with E-state index in [0.717, 1.165) is 83.6 Å². The number of fused-ring (bicyclic) bond motifs is 8. The molecule has 0 radical (unpaired) electrons. The molecule has 0 amide bonds. The molecule has 0 N–H and O–H groups in total. The van der Waals surface area contributed by atoms with Gasteiger partial charge in [0.2, 0.25) is 0 Å². The van der Waals surface area contributed by atoms with Crippen molar-refractivity contribution < 1.29 is 0 Å². The van der Waals surface area contributed by atoms with Crippen molar-refractivity contribution in [2.45, 2.75) is 0 Å². The van der Waals surface area contributed by atoms with Gasteiger partial charge in [0.25, 0.3) is 0 Å². The predicted octanol–water partition coefficient (Wildman–Crippen LogP) is 15.0. The zero-order valence-electron chi connectivity index (χ0n) is 34.6. The van der Waals surface area contributed by atoms with Crippen LogP contribution in [0.1, 0.15) is 0 Å². The highest BCUT2D eigenvalue weighted by Gasteiger charge is 2.18. The Morgan fingerprint density at radius 1 is 0.297 bits per heavy atom. The Kier molecular flexibility index (Phi) is 8.15. The number of rotatable bonds is 6. The molecule has 13 rings (SSSR count).